The largest absolute Gasteiger partial charge is 0.490 e. The Balaban J connectivity index is 1.42. The number of hydrogen-bond donors (Lipinski definition) is 1. The van der Waals surface area contributed by atoms with Crippen LogP contribution in [-0.4, -0.2) is 44.1 Å². The Morgan fingerprint density at radius 3 is 2.43 bits per heavy atom. The molecular weight excluding hydrogens is 390 g/mol. The molecule has 0 radical (unpaired) electrons. The van der Waals surface area contributed by atoms with Crippen molar-refractivity contribution in [3.05, 3.63) is 48.0 Å². The Hall–Kier alpha value is -3.55. The molecule has 0 saturated carbocycles. The average Bonchev–Trinajstić information content (AvgIpc) is 3.01. The molecule has 0 atom stereocenters. The zero-order valence-corrected chi connectivity index (χ0v) is 16.6. The molecule has 3 rings (SSSR count). The second-order valence-electron chi connectivity index (χ2n) is 6.51. The van der Waals surface area contributed by atoms with Gasteiger partial charge in [0, 0.05) is 30.2 Å². The van der Waals surface area contributed by atoms with Gasteiger partial charge in [0.1, 0.15) is 5.75 Å². The number of carbonyl (C=O) groups excluding carboxylic acids is 3. The molecule has 8 heteroatoms. The van der Waals surface area contributed by atoms with Gasteiger partial charge in [-0.2, -0.15) is 0 Å². The number of rotatable bonds is 8. The standard InChI is InChI=1S/C22H23NO7/c1-2-18(24)15-4-7-17(8-5-15)29-14-22(26)30-13-21(25)23-16-6-9-19-20(12-16)28-11-3-10-27-19/h4-9,12H,2-3,10-11,13-14H2,1H3,(H,23,25). The summed E-state index contributed by atoms with van der Waals surface area (Å²) >= 11 is 0. The lowest BCUT2D eigenvalue weighted by molar-refractivity contribution is -0.149. The molecule has 0 fully saturated rings. The lowest BCUT2D eigenvalue weighted by Crippen LogP contribution is -2.23. The number of ketones is 1. The molecule has 1 aliphatic heterocycles. The maximum atomic E-state index is 12.0. The molecule has 1 aliphatic rings. The molecule has 2 aromatic carbocycles. The second-order valence-corrected chi connectivity index (χ2v) is 6.51. The van der Waals surface area contributed by atoms with Gasteiger partial charge in [-0.15, -0.1) is 0 Å². The number of nitrogens with one attached hydrogen (secondary N) is 1. The highest BCUT2D eigenvalue weighted by Gasteiger charge is 2.13. The van der Waals surface area contributed by atoms with E-state index in [-0.39, 0.29) is 12.4 Å². The van der Waals surface area contributed by atoms with Gasteiger partial charge in [0.05, 0.1) is 13.2 Å². The maximum absolute atomic E-state index is 12.0. The Labute approximate surface area is 174 Å². The van der Waals surface area contributed by atoms with Crippen molar-refractivity contribution in [2.45, 2.75) is 19.8 Å². The topological polar surface area (TPSA) is 100 Å². The third-order valence-electron chi connectivity index (χ3n) is 4.25. The van der Waals surface area contributed by atoms with Crippen molar-refractivity contribution in [2.75, 3.05) is 31.7 Å². The van der Waals surface area contributed by atoms with E-state index < -0.39 is 18.5 Å². The van der Waals surface area contributed by atoms with Crippen molar-refractivity contribution in [2.24, 2.45) is 0 Å². The monoisotopic (exact) mass is 413 g/mol. The fourth-order valence-corrected chi connectivity index (χ4v) is 2.71. The highest BCUT2D eigenvalue weighted by Crippen LogP contribution is 2.32. The quantitative estimate of drug-likeness (QED) is 0.524. The van der Waals surface area contributed by atoms with Crippen LogP contribution in [0, 0.1) is 0 Å². The number of benzene rings is 2. The minimum absolute atomic E-state index is 0.0283. The van der Waals surface area contributed by atoms with Gasteiger partial charge in [-0.25, -0.2) is 4.79 Å². The highest BCUT2D eigenvalue weighted by atomic mass is 16.6. The summed E-state index contributed by atoms with van der Waals surface area (Å²) in [6.45, 7) is 2.12. The molecule has 0 spiro atoms. The first-order valence-electron chi connectivity index (χ1n) is 9.66. The van der Waals surface area contributed by atoms with E-state index in [4.69, 9.17) is 18.9 Å². The summed E-state index contributed by atoms with van der Waals surface area (Å²) in [7, 11) is 0. The predicted molar refractivity (Wildman–Crippen MR) is 108 cm³/mol. The summed E-state index contributed by atoms with van der Waals surface area (Å²) in [5.41, 5.74) is 1.09. The van der Waals surface area contributed by atoms with Gasteiger partial charge in [-0.1, -0.05) is 6.92 Å². The Kier molecular flexibility index (Phi) is 7.26. The van der Waals surface area contributed by atoms with E-state index in [1.807, 2.05) is 0 Å². The zero-order chi connectivity index (χ0) is 21.3. The fraction of sp³-hybridized carbons (Fsp3) is 0.318. The van der Waals surface area contributed by atoms with Crippen molar-refractivity contribution >= 4 is 23.3 Å². The van der Waals surface area contributed by atoms with E-state index in [1.54, 1.807) is 49.4 Å². The number of amides is 1. The van der Waals surface area contributed by atoms with Crippen LogP contribution in [0.3, 0.4) is 0 Å². The van der Waals surface area contributed by atoms with Gasteiger partial charge < -0.3 is 24.3 Å². The third-order valence-corrected chi connectivity index (χ3v) is 4.25. The van der Waals surface area contributed by atoms with Crippen LogP contribution in [0.15, 0.2) is 42.5 Å². The molecule has 0 aromatic heterocycles. The number of carbonyl (C=O) groups is 3. The molecule has 0 unspecified atom stereocenters. The smallest absolute Gasteiger partial charge is 0.344 e. The van der Waals surface area contributed by atoms with Crippen molar-refractivity contribution in [3.63, 3.8) is 0 Å². The van der Waals surface area contributed by atoms with E-state index >= 15 is 0 Å². The molecule has 1 amide bonds. The van der Waals surface area contributed by atoms with E-state index in [0.29, 0.717) is 48.1 Å². The van der Waals surface area contributed by atoms with Crippen molar-refractivity contribution < 1.29 is 33.3 Å². The Morgan fingerprint density at radius 1 is 0.967 bits per heavy atom. The number of ether oxygens (including phenoxy) is 4. The molecule has 2 aromatic rings. The van der Waals surface area contributed by atoms with Gasteiger partial charge in [-0.05, 0) is 36.4 Å². The number of fused-ring (bicyclic) bond motifs is 1. The molecule has 1 N–H and O–H groups in total. The SMILES string of the molecule is CCC(=O)c1ccc(OCC(=O)OCC(=O)Nc2ccc3c(c2)OCCCO3)cc1. The lowest BCUT2D eigenvalue weighted by atomic mass is 10.1. The first-order chi connectivity index (χ1) is 14.5. The summed E-state index contributed by atoms with van der Waals surface area (Å²) < 4.78 is 21.3. The first-order valence-corrected chi connectivity index (χ1v) is 9.66. The second kappa shape index (κ2) is 10.3. The van der Waals surface area contributed by atoms with Crippen LogP contribution in [-0.2, 0) is 14.3 Å². The van der Waals surface area contributed by atoms with Crippen LogP contribution < -0.4 is 19.5 Å². The molecule has 0 saturated heterocycles. The number of hydrogen-bond acceptors (Lipinski definition) is 7. The maximum Gasteiger partial charge on any atom is 0.344 e. The summed E-state index contributed by atoms with van der Waals surface area (Å²) in [4.78, 5) is 35.4. The zero-order valence-electron chi connectivity index (χ0n) is 16.6. The number of Topliss-reactive ketones (excluding diaryl/α,β-unsaturated/α-hetero) is 1. The van der Waals surface area contributed by atoms with Crippen LogP contribution >= 0.6 is 0 Å². The minimum Gasteiger partial charge on any atom is -0.490 e. The van der Waals surface area contributed by atoms with Crippen LogP contribution in [0.2, 0.25) is 0 Å². The first kappa shape index (κ1) is 21.2. The Bertz CT molecular complexity index is 908. The van der Waals surface area contributed by atoms with Crippen molar-refractivity contribution in [1.29, 1.82) is 0 Å². The minimum atomic E-state index is -0.683. The normalized spacial score (nSPS) is 12.4. The van der Waals surface area contributed by atoms with Crippen molar-refractivity contribution in [3.8, 4) is 17.2 Å². The summed E-state index contributed by atoms with van der Waals surface area (Å²) in [5, 5.41) is 2.64. The summed E-state index contributed by atoms with van der Waals surface area (Å²) in [6, 6.07) is 11.5. The molecule has 1 heterocycles. The predicted octanol–water partition coefficient (Wildman–Crippen LogP) is 3.00. The molecular formula is C22H23NO7. The van der Waals surface area contributed by atoms with Gasteiger partial charge >= 0.3 is 5.97 Å². The van der Waals surface area contributed by atoms with Crippen LogP contribution in [0.4, 0.5) is 5.69 Å². The Morgan fingerprint density at radius 2 is 1.70 bits per heavy atom. The van der Waals surface area contributed by atoms with Gasteiger partial charge in [-0.3, -0.25) is 9.59 Å². The summed E-state index contributed by atoms with van der Waals surface area (Å²) in [5.74, 6) is 0.470. The number of anilines is 1. The van der Waals surface area contributed by atoms with Crippen LogP contribution in [0.5, 0.6) is 17.2 Å². The molecule has 30 heavy (non-hydrogen) atoms. The molecule has 8 nitrogen and oxygen atoms in total. The third kappa shape index (κ3) is 5.97. The molecule has 158 valence electrons. The van der Waals surface area contributed by atoms with Gasteiger partial charge in [0.15, 0.2) is 30.5 Å². The van der Waals surface area contributed by atoms with Crippen LogP contribution in [0.25, 0.3) is 0 Å². The van der Waals surface area contributed by atoms with Gasteiger partial charge in [0.25, 0.3) is 5.91 Å². The number of esters is 1. The summed E-state index contributed by atoms with van der Waals surface area (Å²) in [6.07, 6.45) is 1.20. The van der Waals surface area contributed by atoms with Gasteiger partial charge in [0.2, 0.25) is 0 Å². The average molecular weight is 413 g/mol. The molecule has 0 bridgehead atoms. The van der Waals surface area contributed by atoms with E-state index in [9.17, 15) is 14.4 Å². The van der Waals surface area contributed by atoms with Crippen LogP contribution in [0.1, 0.15) is 30.1 Å². The lowest BCUT2D eigenvalue weighted by Gasteiger charge is -2.11. The van der Waals surface area contributed by atoms with Crippen molar-refractivity contribution in [1.82, 2.24) is 0 Å². The van der Waals surface area contributed by atoms with E-state index in [2.05, 4.69) is 5.32 Å². The highest BCUT2D eigenvalue weighted by molar-refractivity contribution is 5.96. The molecule has 0 aliphatic carbocycles. The fourth-order valence-electron chi connectivity index (χ4n) is 2.71. The van der Waals surface area contributed by atoms with E-state index in [0.717, 1.165) is 6.42 Å². The van der Waals surface area contributed by atoms with E-state index in [1.165, 1.54) is 0 Å².